The van der Waals surface area contributed by atoms with Gasteiger partial charge in [0.2, 0.25) is 0 Å². The number of likely N-dealkylation sites (tertiary alicyclic amines) is 1. The van der Waals surface area contributed by atoms with Gasteiger partial charge in [-0.15, -0.1) is 0 Å². The van der Waals surface area contributed by atoms with E-state index in [9.17, 15) is 9.18 Å². The predicted octanol–water partition coefficient (Wildman–Crippen LogP) is 2.63. The molecule has 0 aliphatic carbocycles. The average Bonchev–Trinajstić information content (AvgIpc) is 3.06. The normalized spacial score (nSPS) is 23.1. The number of amides is 1. The fourth-order valence-electron chi connectivity index (χ4n) is 3.89. The summed E-state index contributed by atoms with van der Waals surface area (Å²) in [4.78, 5) is 15.7. The number of ether oxygens (including phenoxy) is 3. The van der Waals surface area contributed by atoms with E-state index in [4.69, 9.17) is 14.2 Å². The van der Waals surface area contributed by atoms with Crippen LogP contribution in [0, 0.1) is 11.7 Å². The molecule has 150 valence electrons. The van der Waals surface area contributed by atoms with Crippen LogP contribution in [-0.2, 0) is 4.74 Å². The smallest absolute Gasteiger partial charge is 0.409 e. The van der Waals surface area contributed by atoms with Crippen LogP contribution in [0.5, 0.6) is 11.5 Å². The maximum Gasteiger partial charge on any atom is 0.409 e. The quantitative estimate of drug-likeness (QED) is 0.763. The maximum atomic E-state index is 13.2. The highest BCUT2D eigenvalue weighted by molar-refractivity contribution is 7.59. The molecule has 0 unspecified atom stereocenters. The minimum Gasteiger partial charge on any atom is -0.486 e. The number of hydrogen-bond donors (Lipinski definition) is 0. The van der Waals surface area contributed by atoms with Gasteiger partial charge >= 0.3 is 6.09 Å². The molecule has 1 atom stereocenters. The number of halogens is 1. The third-order valence-electron chi connectivity index (χ3n) is 5.45. The Morgan fingerprint density at radius 1 is 1.11 bits per heavy atom. The summed E-state index contributed by atoms with van der Waals surface area (Å²) in [5.74, 6) is 1.46. The molecular weight excluding hydrogens is 371 g/mol. The average molecular weight is 399 g/mol. The van der Waals surface area contributed by atoms with E-state index in [-0.39, 0.29) is 31.5 Å². The Labute approximate surface area is 166 Å². The zero-order valence-electron chi connectivity index (χ0n) is 15.4. The zero-order chi connectivity index (χ0) is 17.9. The van der Waals surface area contributed by atoms with Crippen LogP contribution in [0.15, 0.2) is 18.2 Å². The fraction of sp³-hybridized carbons (Fsp3) is 0.632. The topological polar surface area (TPSA) is 51.2 Å². The van der Waals surface area contributed by atoms with Crippen molar-refractivity contribution in [2.45, 2.75) is 25.4 Å². The van der Waals surface area contributed by atoms with Crippen LogP contribution in [0.4, 0.5) is 9.18 Å². The first-order valence-corrected chi connectivity index (χ1v) is 9.40. The number of fused-ring (bicyclic) bond motifs is 1. The molecule has 8 heteroatoms. The number of rotatable bonds is 5. The first-order chi connectivity index (χ1) is 12.7. The van der Waals surface area contributed by atoms with Crippen LogP contribution in [-0.4, -0.2) is 67.9 Å². The second kappa shape index (κ2) is 9.01. The van der Waals surface area contributed by atoms with Crippen LogP contribution in [0.2, 0.25) is 0 Å². The minimum absolute atomic E-state index is 0. The summed E-state index contributed by atoms with van der Waals surface area (Å²) in [5, 5.41) is 0. The van der Waals surface area contributed by atoms with Gasteiger partial charge in [0.15, 0.2) is 11.5 Å². The summed E-state index contributed by atoms with van der Waals surface area (Å²) in [6.45, 7) is 5.39. The Balaban J connectivity index is 0.00000210. The Morgan fingerprint density at radius 3 is 2.67 bits per heavy atom. The summed E-state index contributed by atoms with van der Waals surface area (Å²) in [5.41, 5.74) is 0. The summed E-state index contributed by atoms with van der Waals surface area (Å²) in [7, 11) is 0. The Kier molecular flexibility index (Phi) is 6.70. The Hall–Kier alpha value is -1.67. The number of hydrogen-bond acceptors (Lipinski definition) is 5. The summed E-state index contributed by atoms with van der Waals surface area (Å²) in [6.07, 6.45) is 3.13. The van der Waals surface area contributed by atoms with Crippen LogP contribution in [0.3, 0.4) is 0 Å². The molecule has 0 radical (unpaired) electrons. The van der Waals surface area contributed by atoms with Crippen molar-refractivity contribution in [1.29, 1.82) is 0 Å². The number of piperidine rings is 1. The Bertz CT molecular complexity index is 655. The molecule has 1 aromatic carbocycles. The molecule has 1 aromatic rings. The van der Waals surface area contributed by atoms with Crippen molar-refractivity contribution in [3.05, 3.63) is 24.0 Å². The van der Waals surface area contributed by atoms with Crippen LogP contribution < -0.4 is 9.47 Å². The van der Waals surface area contributed by atoms with Crippen molar-refractivity contribution < 1.29 is 23.4 Å². The number of cyclic esters (lactones) is 1. The van der Waals surface area contributed by atoms with E-state index in [2.05, 4.69) is 4.90 Å². The molecule has 0 N–H and O–H groups in total. The van der Waals surface area contributed by atoms with E-state index in [1.807, 2.05) is 0 Å². The molecule has 0 spiro atoms. The SMILES string of the molecule is O=C1OCCN1CCC1CCN(C[C@H]2COc3cc(F)ccc3O2)CC1.S. The molecule has 4 rings (SSSR count). The van der Waals surface area contributed by atoms with Crippen molar-refractivity contribution in [1.82, 2.24) is 9.80 Å². The van der Waals surface area contributed by atoms with Crippen molar-refractivity contribution in [3.63, 3.8) is 0 Å². The van der Waals surface area contributed by atoms with E-state index >= 15 is 0 Å². The van der Waals surface area contributed by atoms with Crippen LogP contribution >= 0.6 is 13.5 Å². The highest BCUT2D eigenvalue weighted by atomic mass is 32.1. The van der Waals surface area contributed by atoms with E-state index in [1.165, 1.54) is 12.1 Å². The van der Waals surface area contributed by atoms with Gasteiger partial charge in [0.25, 0.3) is 0 Å². The molecule has 3 aliphatic rings. The fourth-order valence-corrected chi connectivity index (χ4v) is 3.89. The van der Waals surface area contributed by atoms with Gasteiger partial charge in [-0.2, -0.15) is 13.5 Å². The zero-order valence-corrected chi connectivity index (χ0v) is 16.4. The van der Waals surface area contributed by atoms with Gasteiger partial charge in [-0.25, -0.2) is 9.18 Å². The molecule has 0 aromatic heterocycles. The highest BCUT2D eigenvalue weighted by Gasteiger charge is 2.28. The van der Waals surface area contributed by atoms with Gasteiger partial charge in [-0.3, -0.25) is 4.90 Å². The lowest BCUT2D eigenvalue weighted by Gasteiger charge is -2.36. The van der Waals surface area contributed by atoms with Gasteiger partial charge in [0, 0.05) is 19.2 Å². The van der Waals surface area contributed by atoms with Gasteiger partial charge in [-0.05, 0) is 50.4 Å². The lowest BCUT2D eigenvalue weighted by molar-refractivity contribution is 0.0465. The third kappa shape index (κ3) is 4.99. The van der Waals surface area contributed by atoms with Gasteiger partial charge in [0.05, 0.1) is 6.54 Å². The maximum absolute atomic E-state index is 13.2. The van der Waals surface area contributed by atoms with E-state index in [0.29, 0.717) is 30.6 Å². The third-order valence-corrected chi connectivity index (χ3v) is 5.45. The predicted molar refractivity (Wildman–Crippen MR) is 103 cm³/mol. The van der Waals surface area contributed by atoms with Crippen molar-refractivity contribution in [3.8, 4) is 11.5 Å². The first kappa shape index (κ1) is 20.1. The molecule has 6 nitrogen and oxygen atoms in total. The number of carbonyl (C=O) groups excluding carboxylic acids is 1. The standard InChI is InChI=1S/C19H25FN2O4.H2S/c20-15-1-2-17-18(11-15)25-13-16(26-17)12-21-6-3-14(4-7-21)5-8-22-9-10-24-19(22)23;/h1-2,11,14,16H,3-10,12-13H2;1H2/t16-;/m0./s1. The monoisotopic (exact) mass is 398 g/mol. The van der Waals surface area contributed by atoms with Gasteiger partial charge in [-0.1, -0.05) is 0 Å². The number of carbonyl (C=O) groups is 1. The van der Waals surface area contributed by atoms with Crippen molar-refractivity contribution in [2.24, 2.45) is 5.92 Å². The van der Waals surface area contributed by atoms with Crippen LogP contribution in [0.25, 0.3) is 0 Å². The largest absolute Gasteiger partial charge is 0.486 e. The van der Waals surface area contributed by atoms with E-state index in [1.54, 1.807) is 11.0 Å². The first-order valence-electron chi connectivity index (χ1n) is 9.40. The summed E-state index contributed by atoms with van der Waals surface area (Å²) >= 11 is 0. The van der Waals surface area contributed by atoms with E-state index in [0.717, 1.165) is 52.0 Å². The van der Waals surface area contributed by atoms with Gasteiger partial charge in [0.1, 0.15) is 25.1 Å². The van der Waals surface area contributed by atoms with Crippen molar-refractivity contribution in [2.75, 3.05) is 45.9 Å². The molecule has 2 fully saturated rings. The molecule has 3 aliphatic heterocycles. The molecule has 0 saturated carbocycles. The summed E-state index contributed by atoms with van der Waals surface area (Å²) < 4.78 is 29.8. The van der Waals surface area contributed by atoms with E-state index < -0.39 is 0 Å². The van der Waals surface area contributed by atoms with Crippen molar-refractivity contribution >= 4 is 19.6 Å². The molecule has 1 amide bonds. The molecule has 3 heterocycles. The second-order valence-electron chi connectivity index (χ2n) is 7.28. The molecule has 27 heavy (non-hydrogen) atoms. The molecular formula is C19H27FN2O4S. The molecule has 0 bridgehead atoms. The molecule has 2 saturated heterocycles. The number of nitrogens with zero attached hydrogens (tertiary/aromatic N) is 2. The van der Waals surface area contributed by atoms with Crippen LogP contribution in [0.1, 0.15) is 19.3 Å². The summed E-state index contributed by atoms with van der Waals surface area (Å²) in [6, 6.07) is 4.39. The minimum atomic E-state index is -0.310. The lowest BCUT2D eigenvalue weighted by Crippen LogP contribution is -2.44. The lowest BCUT2D eigenvalue weighted by atomic mass is 9.93. The highest BCUT2D eigenvalue weighted by Crippen LogP contribution is 2.32. The second-order valence-corrected chi connectivity index (χ2v) is 7.28. The Morgan fingerprint density at radius 2 is 1.93 bits per heavy atom. The van der Waals surface area contributed by atoms with Gasteiger partial charge < -0.3 is 19.1 Å². The number of benzene rings is 1.